The van der Waals surface area contributed by atoms with Crippen LogP contribution in [0.2, 0.25) is 0 Å². The predicted octanol–water partition coefficient (Wildman–Crippen LogP) is 19.3. The summed E-state index contributed by atoms with van der Waals surface area (Å²) >= 11 is 0. The van der Waals surface area contributed by atoms with Gasteiger partial charge in [0.15, 0.2) is 0 Å². The third kappa shape index (κ3) is 14.3. The number of non-ortho nitro benzene ring substituents is 1. The fourth-order valence-corrected chi connectivity index (χ4v) is 15.2. The van der Waals surface area contributed by atoms with Gasteiger partial charge in [0.2, 0.25) is 0 Å². The molecule has 0 saturated carbocycles. The Bertz CT molecular complexity index is 4470. The Hall–Kier alpha value is -10.5. The van der Waals surface area contributed by atoms with Crippen molar-refractivity contribution in [2.75, 3.05) is 36.2 Å². The van der Waals surface area contributed by atoms with E-state index >= 15 is 19.2 Å². The first kappa shape index (κ1) is 72.8. The van der Waals surface area contributed by atoms with Crippen molar-refractivity contribution in [3.05, 3.63) is 272 Å². The van der Waals surface area contributed by atoms with E-state index in [9.17, 15) is 10.1 Å². The van der Waals surface area contributed by atoms with Crippen molar-refractivity contribution < 1.29 is 52.5 Å². The molecule has 0 saturated heterocycles. The first-order valence-electron chi connectivity index (χ1n) is 36.8. The van der Waals surface area contributed by atoms with Crippen LogP contribution in [-0.2, 0) is 73.4 Å². The van der Waals surface area contributed by atoms with Crippen LogP contribution in [0, 0.1) is 10.1 Å². The van der Waals surface area contributed by atoms with Crippen LogP contribution in [0.25, 0.3) is 0 Å². The minimum atomic E-state index is -0.463. The Labute approximate surface area is 617 Å². The van der Waals surface area contributed by atoms with Gasteiger partial charge in [0.25, 0.3) is 29.3 Å². The number of hydrogen-bond donors (Lipinski definition) is 0. The lowest BCUT2D eigenvalue weighted by molar-refractivity contribution is -0.385. The summed E-state index contributed by atoms with van der Waals surface area (Å²) in [4.78, 5) is 75.8. The summed E-state index contributed by atoms with van der Waals surface area (Å²) in [5, 5.41) is 13.4. The molecular weight excluding hydrogens is 1310 g/mol. The number of ether oxygens (including phenoxy) is 6. The zero-order valence-electron chi connectivity index (χ0n) is 63.5. The molecule has 0 aliphatic carbocycles. The van der Waals surface area contributed by atoms with Crippen molar-refractivity contribution in [2.24, 2.45) is 0 Å². The van der Waals surface area contributed by atoms with Gasteiger partial charge in [0.1, 0.15) is 47.7 Å². The van der Waals surface area contributed by atoms with E-state index in [0.29, 0.717) is 141 Å². The van der Waals surface area contributed by atoms with E-state index in [4.69, 9.17) is 28.4 Å². The summed E-state index contributed by atoms with van der Waals surface area (Å²) in [7, 11) is 0. The van der Waals surface area contributed by atoms with Crippen molar-refractivity contribution in [2.45, 2.75) is 184 Å². The third-order valence-electron chi connectivity index (χ3n) is 20.4. The molecule has 13 rings (SSSR count). The molecule has 0 N–H and O–H groups in total. The molecule has 0 atom stereocenters. The highest BCUT2D eigenvalue weighted by Crippen LogP contribution is 2.48. The van der Waals surface area contributed by atoms with Crippen LogP contribution in [0.4, 0.5) is 17.1 Å². The molecule has 9 aromatic rings. The largest absolute Gasteiger partial charge is 0.493 e. The van der Waals surface area contributed by atoms with Crippen molar-refractivity contribution >= 4 is 40.7 Å². The van der Waals surface area contributed by atoms with Crippen LogP contribution >= 0.6 is 0 Å². The number of fused-ring (bicyclic) bond motifs is 12. The molecule has 0 unspecified atom stereocenters. The Morgan fingerprint density at radius 1 is 0.352 bits per heavy atom. The monoisotopic (exact) mass is 1410 g/mol. The van der Waals surface area contributed by atoms with Crippen LogP contribution in [0.5, 0.6) is 34.5 Å². The quantitative estimate of drug-likeness (QED) is 0.0682. The van der Waals surface area contributed by atoms with E-state index in [0.717, 1.165) is 66.8 Å². The third-order valence-corrected chi connectivity index (χ3v) is 20.4. The van der Waals surface area contributed by atoms with Crippen molar-refractivity contribution in [1.82, 2.24) is 0 Å². The van der Waals surface area contributed by atoms with Gasteiger partial charge < -0.3 is 28.4 Å². The van der Waals surface area contributed by atoms with Gasteiger partial charge in [0.05, 0.1) is 65.0 Å². The number of imide groups is 2. The predicted molar refractivity (Wildman–Crippen MR) is 412 cm³/mol. The maximum absolute atomic E-state index is 15.1. The van der Waals surface area contributed by atoms with Crippen LogP contribution < -0.4 is 38.2 Å². The summed E-state index contributed by atoms with van der Waals surface area (Å²) in [6.45, 7) is 35.0. The van der Waals surface area contributed by atoms with Crippen LogP contribution in [-0.4, -0.2) is 55.0 Å². The lowest BCUT2D eigenvalue weighted by atomic mass is 9.80. The molecule has 15 heteroatoms. The SMILES string of the molecule is CCOc1c2cc(C(C)(C)C)cc1Cc1cc(N3C(=O)c4ccccc4C3=O)cc3c1OCc1cc(cc([N+](=O)[O-])c1)COc1c(cc(N4C(=O)c5ccccc5C4=O)cc1Cc1cc(C(C)(C)C)cc(c1OCC)Cc1cc(C(C)(C)C)cc(c1OCC)C3)Cc1cc(C(C)(C)C)cc(c1OCC)C2. The van der Waals surface area contributed by atoms with Gasteiger partial charge in [-0.3, -0.25) is 29.3 Å². The second-order valence-electron chi connectivity index (χ2n) is 32.3. The number of nitrogens with zero attached hydrogens (tertiary/aromatic N) is 3. The topological polar surface area (TPSA) is 173 Å². The van der Waals surface area contributed by atoms with Crippen LogP contribution in [0.15, 0.2) is 140 Å². The molecule has 4 amide bonds. The zero-order valence-corrected chi connectivity index (χ0v) is 63.5. The van der Waals surface area contributed by atoms with E-state index < -0.39 is 50.2 Å². The Balaban J connectivity index is 1.21. The molecule has 105 heavy (non-hydrogen) atoms. The van der Waals surface area contributed by atoms with Crippen molar-refractivity contribution in [3.63, 3.8) is 0 Å². The maximum atomic E-state index is 15.1. The number of benzene rings is 9. The number of anilines is 2. The highest BCUT2D eigenvalue weighted by molar-refractivity contribution is 6.35. The number of carbonyl (C=O) groups is 4. The summed E-state index contributed by atoms with van der Waals surface area (Å²) in [5.41, 5.74) is 14.3. The molecule has 15 nitrogen and oxygen atoms in total. The second kappa shape index (κ2) is 28.2. The number of hydrogen-bond acceptors (Lipinski definition) is 12. The summed E-state index contributed by atoms with van der Waals surface area (Å²) in [5.74, 6) is 1.58. The summed E-state index contributed by atoms with van der Waals surface area (Å²) in [6, 6.07) is 43.9. The second-order valence-corrected chi connectivity index (χ2v) is 32.3. The van der Waals surface area contributed by atoms with E-state index in [1.54, 1.807) is 48.5 Å². The van der Waals surface area contributed by atoms with E-state index in [-0.39, 0.29) is 44.6 Å². The van der Waals surface area contributed by atoms with Gasteiger partial charge in [-0.05, 0) is 182 Å². The molecule has 4 aliphatic heterocycles. The van der Waals surface area contributed by atoms with E-state index in [1.807, 2.05) is 58.0 Å². The Morgan fingerprint density at radius 3 is 0.790 bits per heavy atom. The standard InChI is InChI=1S/C90H95N3O12/c1-17-100-77-54-32-55-39-67(88(8,9)10)43-59(78(55)101-18-2)35-64-48-71(92-85(96)75-27-23-24-28-76(75)86(92)97)49-65-37-61-45-69(90(14,15)16)41-57(80(61)103-20-4)33-56-40-68(89(11,12)13)44-60(79(56)102-19-3)36-63-47-70(91-83(94)73-25-21-22-26-74(73)84(91)95)46-62(34-58(77)42-66(38-54)87(5,6)7)81(63)104-50-52-29-53(51-105-82(64)65)31-72(30-52)93(98)99/h21-31,38-49H,17-20,32-37,50-51H2,1-16H3. The van der Waals surface area contributed by atoms with E-state index in [1.165, 1.54) is 21.9 Å². The Morgan fingerprint density at radius 2 is 0.581 bits per heavy atom. The van der Waals surface area contributed by atoms with Gasteiger partial charge in [-0.15, -0.1) is 0 Å². The molecule has 9 aromatic carbocycles. The molecule has 4 heterocycles. The van der Waals surface area contributed by atoms with Gasteiger partial charge in [-0.25, -0.2) is 9.80 Å². The van der Waals surface area contributed by atoms with Gasteiger partial charge in [-0.2, -0.15) is 0 Å². The Kier molecular flexibility index (Phi) is 19.5. The van der Waals surface area contributed by atoms with Gasteiger partial charge in [0, 0.05) is 72.9 Å². The minimum absolute atomic E-state index is 0.165. The zero-order chi connectivity index (χ0) is 74.9. The minimum Gasteiger partial charge on any atom is -0.493 e. The lowest BCUT2D eigenvalue weighted by Gasteiger charge is -2.28. The smallest absolute Gasteiger partial charge is 0.270 e. The number of carbonyl (C=O) groups excluding carboxylic acids is 4. The normalized spacial score (nSPS) is 14.6. The van der Waals surface area contributed by atoms with E-state index in [2.05, 4.69) is 132 Å². The summed E-state index contributed by atoms with van der Waals surface area (Å²) < 4.78 is 43.0. The molecular formula is C90H95N3O12. The fraction of sp³-hybridized carbons (Fsp3) is 0.356. The number of amides is 4. The summed E-state index contributed by atoms with van der Waals surface area (Å²) in [6.07, 6.45) is 1.35. The lowest BCUT2D eigenvalue weighted by Crippen LogP contribution is -2.29. The first-order chi connectivity index (χ1) is 49.8. The number of nitro groups is 1. The van der Waals surface area contributed by atoms with Crippen molar-refractivity contribution in [3.8, 4) is 34.5 Å². The molecule has 4 aliphatic rings. The molecule has 0 spiro atoms. The maximum Gasteiger partial charge on any atom is 0.270 e. The molecule has 0 fully saturated rings. The molecule has 12 bridgehead atoms. The first-order valence-corrected chi connectivity index (χ1v) is 36.8. The van der Waals surface area contributed by atoms with Gasteiger partial charge in [-0.1, -0.05) is 156 Å². The molecule has 0 radical (unpaired) electrons. The van der Waals surface area contributed by atoms with Gasteiger partial charge >= 0.3 is 0 Å². The van der Waals surface area contributed by atoms with Crippen molar-refractivity contribution in [1.29, 1.82) is 0 Å². The number of rotatable bonds is 11. The van der Waals surface area contributed by atoms with Crippen LogP contribution in [0.3, 0.4) is 0 Å². The highest BCUT2D eigenvalue weighted by atomic mass is 16.6. The number of nitro benzene ring substituents is 1. The average molecular weight is 1410 g/mol. The average Bonchev–Trinajstić information content (AvgIpc) is 1.68. The molecule has 0 aromatic heterocycles. The highest BCUT2D eigenvalue weighted by Gasteiger charge is 2.40. The molecule has 542 valence electrons. The fourth-order valence-electron chi connectivity index (χ4n) is 15.2. The van der Waals surface area contributed by atoms with Crippen LogP contribution in [0.1, 0.15) is 252 Å².